The summed E-state index contributed by atoms with van der Waals surface area (Å²) in [4.78, 5) is 30.9. The van der Waals surface area contributed by atoms with Gasteiger partial charge in [-0.3, -0.25) is 4.79 Å². The van der Waals surface area contributed by atoms with E-state index in [2.05, 4.69) is 20.1 Å². The Bertz CT molecular complexity index is 1610. The van der Waals surface area contributed by atoms with Crippen LogP contribution in [0.4, 0.5) is 0 Å². The van der Waals surface area contributed by atoms with Gasteiger partial charge in [0.2, 0.25) is 10.0 Å². The van der Waals surface area contributed by atoms with Gasteiger partial charge >= 0.3 is 0 Å². The second-order valence-electron chi connectivity index (χ2n) is 9.83. The number of rotatable bonds is 12. The molecule has 14 nitrogen and oxygen atoms in total. The predicted octanol–water partition coefficient (Wildman–Crippen LogP) is 3.16. The molecule has 0 aliphatic carbocycles. The van der Waals surface area contributed by atoms with Crippen LogP contribution in [0.15, 0.2) is 33.0 Å². The van der Waals surface area contributed by atoms with Crippen LogP contribution in [0.5, 0.6) is 5.75 Å². The quantitative estimate of drug-likeness (QED) is 0.139. The average molecular weight is 591 g/mol. The second kappa shape index (κ2) is 12.7. The number of aromatic nitrogens is 3. The largest absolute Gasteiger partial charge is 0.493 e. The van der Waals surface area contributed by atoms with Crippen LogP contribution in [0.1, 0.15) is 56.4 Å². The van der Waals surface area contributed by atoms with E-state index in [9.17, 15) is 28.5 Å². The summed E-state index contributed by atoms with van der Waals surface area (Å²) in [5.74, 6) is 0.616. The third-order valence-corrected chi connectivity index (χ3v) is 9.19. The molecule has 0 amide bonds. The van der Waals surface area contributed by atoms with Crippen LogP contribution in [0, 0.1) is 23.0 Å². The highest BCUT2D eigenvalue weighted by molar-refractivity contribution is 7.89. The number of oxime groups is 1. The molecule has 2 aromatic heterocycles. The summed E-state index contributed by atoms with van der Waals surface area (Å²) in [6, 6.07) is 4.47. The SMILES string of the molecule is CCCc1c(/C=N/O)c(C)c2c(=O)[nH]c(-c3cc(S(=O)(=O)N4CCC(CCO[N+](=O)[O-])CC4)ccc3OCC)nn12. The lowest BCUT2D eigenvalue weighted by atomic mass is 9.95. The average Bonchev–Trinajstić information content (AvgIpc) is 3.20. The number of H-pyrrole nitrogens is 1. The van der Waals surface area contributed by atoms with Gasteiger partial charge in [0.1, 0.15) is 11.3 Å². The van der Waals surface area contributed by atoms with Crippen molar-refractivity contribution in [2.75, 3.05) is 26.3 Å². The molecule has 1 aromatic carbocycles. The van der Waals surface area contributed by atoms with Crippen LogP contribution >= 0.6 is 0 Å². The molecule has 0 atom stereocenters. The molecule has 0 radical (unpaired) electrons. The zero-order chi connectivity index (χ0) is 29.7. The number of piperidine rings is 1. The molecular weight excluding hydrogens is 556 g/mol. The summed E-state index contributed by atoms with van der Waals surface area (Å²) in [5, 5.41) is 26.6. The Kier molecular flexibility index (Phi) is 9.28. The van der Waals surface area contributed by atoms with Gasteiger partial charge in [-0.1, -0.05) is 18.5 Å². The molecule has 0 spiro atoms. The number of benzene rings is 1. The first-order valence-corrected chi connectivity index (χ1v) is 14.9. The Labute approximate surface area is 236 Å². The summed E-state index contributed by atoms with van der Waals surface area (Å²) in [7, 11) is -3.89. The van der Waals surface area contributed by atoms with Gasteiger partial charge in [0.15, 0.2) is 5.82 Å². The summed E-state index contributed by atoms with van der Waals surface area (Å²) in [6.07, 6.45) is 4.19. The van der Waals surface area contributed by atoms with Crippen LogP contribution in [0.2, 0.25) is 0 Å². The van der Waals surface area contributed by atoms with Gasteiger partial charge in [-0.15, -0.1) is 15.2 Å². The molecule has 222 valence electrons. The normalized spacial score (nSPS) is 15.1. The van der Waals surface area contributed by atoms with Gasteiger partial charge in [-0.05, 0) is 69.2 Å². The van der Waals surface area contributed by atoms with E-state index in [1.165, 1.54) is 27.2 Å². The number of ether oxygens (including phenoxy) is 1. The van der Waals surface area contributed by atoms with Crippen molar-refractivity contribution < 1.29 is 28.3 Å². The fourth-order valence-corrected chi connectivity index (χ4v) is 6.76. The number of nitrogens with zero attached hydrogens (tertiary/aromatic N) is 5. The minimum atomic E-state index is -3.89. The van der Waals surface area contributed by atoms with Crippen molar-refractivity contribution >= 4 is 21.8 Å². The summed E-state index contributed by atoms with van der Waals surface area (Å²) < 4.78 is 35.9. The maximum Gasteiger partial charge on any atom is 0.294 e. The number of aromatic amines is 1. The summed E-state index contributed by atoms with van der Waals surface area (Å²) in [6.45, 7) is 6.36. The second-order valence-corrected chi connectivity index (χ2v) is 11.8. The molecule has 0 bridgehead atoms. The Morgan fingerprint density at radius 3 is 2.66 bits per heavy atom. The molecule has 3 heterocycles. The first-order valence-electron chi connectivity index (χ1n) is 13.5. The van der Waals surface area contributed by atoms with Gasteiger partial charge in [0.25, 0.3) is 10.6 Å². The zero-order valence-corrected chi connectivity index (χ0v) is 24.0. The van der Waals surface area contributed by atoms with Crippen molar-refractivity contribution in [1.29, 1.82) is 0 Å². The first-order chi connectivity index (χ1) is 19.6. The van der Waals surface area contributed by atoms with Gasteiger partial charge in [-0.2, -0.15) is 4.31 Å². The molecule has 1 aliphatic rings. The minimum Gasteiger partial charge on any atom is -0.493 e. The molecule has 0 unspecified atom stereocenters. The molecule has 15 heteroatoms. The maximum absolute atomic E-state index is 13.6. The number of nitrogens with one attached hydrogen (secondary N) is 1. The lowest BCUT2D eigenvalue weighted by molar-refractivity contribution is -0.758. The van der Waals surface area contributed by atoms with Gasteiger partial charge in [0.05, 0.1) is 35.6 Å². The van der Waals surface area contributed by atoms with E-state index >= 15 is 0 Å². The third kappa shape index (κ3) is 6.20. The van der Waals surface area contributed by atoms with Crippen molar-refractivity contribution in [3.05, 3.63) is 55.5 Å². The zero-order valence-electron chi connectivity index (χ0n) is 23.2. The molecule has 1 aliphatic heterocycles. The van der Waals surface area contributed by atoms with Crippen molar-refractivity contribution in [2.45, 2.75) is 57.8 Å². The Morgan fingerprint density at radius 1 is 1.29 bits per heavy atom. The molecular formula is C26H34N6O8S. The van der Waals surface area contributed by atoms with E-state index in [1.54, 1.807) is 19.9 Å². The Morgan fingerprint density at radius 2 is 2.02 bits per heavy atom. The summed E-state index contributed by atoms with van der Waals surface area (Å²) >= 11 is 0. The number of hydrogen-bond acceptors (Lipinski definition) is 10. The summed E-state index contributed by atoms with van der Waals surface area (Å²) in [5.41, 5.74) is 2.09. The van der Waals surface area contributed by atoms with Crippen molar-refractivity contribution in [1.82, 2.24) is 18.9 Å². The Hall–Kier alpha value is -3.98. The van der Waals surface area contributed by atoms with Gasteiger partial charge < -0.3 is 19.8 Å². The van der Waals surface area contributed by atoms with Crippen LogP contribution in [-0.4, -0.2) is 70.1 Å². The van der Waals surface area contributed by atoms with E-state index in [-0.39, 0.29) is 36.3 Å². The number of sulfonamides is 1. The first kappa shape index (κ1) is 30.0. The number of fused-ring (bicyclic) bond motifs is 1. The highest BCUT2D eigenvalue weighted by Gasteiger charge is 2.30. The number of hydrogen-bond donors (Lipinski definition) is 2. The predicted molar refractivity (Wildman–Crippen MR) is 150 cm³/mol. The minimum absolute atomic E-state index is 0.0165. The topological polar surface area (TPSA) is 182 Å². The van der Waals surface area contributed by atoms with Crippen molar-refractivity contribution in [3.8, 4) is 17.1 Å². The lowest BCUT2D eigenvalue weighted by Crippen LogP contribution is -2.38. The van der Waals surface area contributed by atoms with Crippen LogP contribution in [0.25, 0.3) is 16.9 Å². The molecule has 1 fully saturated rings. The van der Waals surface area contributed by atoms with Gasteiger partial charge in [-0.25, -0.2) is 12.9 Å². The van der Waals surface area contributed by atoms with E-state index in [4.69, 9.17) is 4.74 Å². The fraction of sp³-hybridized carbons (Fsp3) is 0.500. The molecule has 3 aromatic rings. The van der Waals surface area contributed by atoms with Crippen LogP contribution < -0.4 is 10.3 Å². The highest BCUT2D eigenvalue weighted by Crippen LogP contribution is 2.33. The maximum atomic E-state index is 13.6. The fourth-order valence-electron chi connectivity index (χ4n) is 5.27. The van der Waals surface area contributed by atoms with E-state index in [1.807, 2.05) is 6.92 Å². The molecule has 0 saturated carbocycles. The van der Waals surface area contributed by atoms with E-state index in [0.29, 0.717) is 65.9 Å². The smallest absolute Gasteiger partial charge is 0.294 e. The van der Waals surface area contributed by atoms with E-state index in [0.717, 1.165) is 6.42 Å². The van der Waals surface area contributed by atoms with Crippen molar-refractivity contribution in [3.63, 3.8) is 0 Å². The third-order valence-electron chi connectivity index (χ3n) is 7.30. The number of aryl methyl sites for hydroxylation is 2. The van der Waals surface area contributed by atoms with Crippen LogP contribution in [0.3, 0.4) is 0 Å². The lowest BCUT2D eigenvalue weighted by Gasteiger charge is -2.31. The molecule has 2 N–H and O–H groups in total. The molecule has 1 saturated heterocycles. The van der Waals surface area contributed by atoms with Crippen LogP contribution in [-0.2, 0) is 21.3 Å². The monoisotopic (exact) mass is 590 g/mol. The highest BCUT2D eigenvalue weighted by atomic mass is 32.2. The molecule has 41 heavy (non-hydrogen) atoms. The standard InChI is InChI=1S/C26H34N6O8S/c1-4-6-22-21(16-27-34)17(3)24-26(33)28-25(29-31(22)24)20-15-19(7-8-23(20)39-5-2)41(37,38)30-12-9-18(10-13-30)11-14-40-32(35)36/h7-8,15-16,18,34H,4-6,9-14H2,1-3H3,(H,28,29,33)/b27-16+. The van der Waals surface area contributed by atoms with E-state index < -0.39 is 20.7 Å². The van der Waals surface area contributed by atoms with Gasteiger partial charge in [0, 0.05) is 18.7 Å². The molecule has 4 rings (SSSR count). The Balaban J connectivity index is 1.72. The van der Waals surface area contributed by atoms with Crippen molar-refractivity contribution in [2.24, 2.45) is 11.1 Å².